The monoisotopic (exact) mass is 229 g/mol. The van der Waals surface area contributed by atoms with Crippen LogP contribution in [0.3, 0.4) is 0 Å². The number of ether oxygens (including phenoxy) is 2. The fraction of sp³-hybridized carbons (Fsp3) is 1.00. The highest BCUT2D eigenvalue weighted by molar-refractivity contribution is 4.75. The topological polar surface area (TPSA) is 30.5 Å². The lowest BCUT2D eigenvalue weighted by molar-refractivity contribution is 0.0918. The molecule has 2 unspecified atom stereocenters. The maximum Gasteiger partial charge on any atom is 0.0590 e. The van der Waals surface area contributed by atoms with E-state index >= 15 is 0 Å². The van der Waals surface area contributed by atoms with Crippen molar-refractivity contribution in [2.75, 3.05) is 26.9 Å². The fourth-order valence-corrected chi connectivity index (χ4v) is 2.27. The maximum absolute atomic E-state index is 5.70. The predicted molar refractivity (Wildman–Crippen MR) is 66.8 cm³/mol. The molecule has 1 rings (SSSR count). The molecular weight excluding hydrogens is 202 g/mol. The molecular formula is C13H27NO2. The maximum atomic E-state index is 5.70. The van der Waals surface area contributed by atoms with E-state index in [9.17, 15) is 0 Å². The van der Waals surface area contributed by atoms with E-state index in [-0.39, 0.29) is 0 Å². The van der Waals surface area contributed by atoms with Crippen LogP contribution in [-0.2, 0) is 9.47 Å². The molecule has 0 aromatic rings. The van der Waals surface area contributed by atoms with Crippen LogP contribution in [0.25, 0.3) is 0 Å². The first kappa shape index (κ1) is 13.9. The van der Waals surface area contributed by atoms with E-state index in [0.29, 0.717) is 12.1 Å². The van der Waals surface area contributed by atoms with E-state index < -0.39 is 0 Å². The molecule has 3 nitrogen and oxygen atoms in total. The Bertz CT molecular complexity index is 158. The van der Waals surface area contributed by atoms with Gasteiger partial charge >= 0.3 is 0 Å². The summed E-state index contributed by atoms with van der Waals surface area (Å²) in [7, 11) is 1.77. The standard InChI is InChI=1S/C13H27NO2/c1-3-8-14-12(6-4-9-15-2)11-13-7-5-10-16-13/h12-14H,3-11H2,1-2H3. The summed E-state index contributed by atoms with van der Waals surface area (Å²) in [6.45, 7) is 5.16. The first-order valence-electron chi connectivity index (χ1n) is 6.70. The number of rotatable bonds is 9. The van der Waals surface area contributed by atoms with E-state index in [0.717, 1.165) is 26.2 Å². The summed E-state index contributed by atoms with van der Waals surface area (Å²) in [6, 6.07) is 0.609. The van der Waals surface area contributed by atoms with E-state index in [2.05, 4.69) is 12.2 Å². The van der Waals surface area contributed by atoms with Crippen LogP contribution in [0.5, 0.6) is 0 Å². The summed E-state index contributed by atoms with van der Waals surface area (Å²) in [6.07, 6.45) is 7.70. The second-order valence-electron chi connectivity index (χ2n) is 4.66. The van der Waals surface area contributed by atoms with Gasteiger partial charge in [-0.2, -0.15) is 0 Å². The van der Waals surface area contributed by atoms with Gasteiger partial charge in [0.05, 0.1) is 6.10 Å². The lowest BCUT2D eigenvalue weighted by Crippen LogP contribution is -2.33. The van der Waals surface area contributed by atoms with Crippen molar-refractivity contribution in [1.82, 2.24) is 5.32 Å². The molecule has 0 saturated carbocycles. The molecule has 96 valence electrons. The molecule has 1 aliphatic heterocycles. The van der Waals surface area contributed by atoms with Crippen molar-refractivity contribution >= 4 is 0 Å². The predicted octanol–water partition coefficient (Wildman–Crippen LogP) is 2.35. The van der Waals surface area contributed by atoms with Crippen molar-refractivity contribution in [3.63, 3.8) is 0 Å². The summed E-state index contributed by atoms with van der Waals surface area (Å²) in [4.78, 5) is 0. The number of nitrogens with one attached hydrogen (secondary N) is 1. The Morgan fingerprint density at radius 2 is 2.38 bits per heavy atom. The van der Waals surface area contributed by atoms with Crippen LogP contribution in [0.15, 0.2) is 0 Å². The van der Waals surface area contributed by atoms with Gasteiger partial charge in [-0.25, -0.2) is 0 Å². The van der Waals surface area contributed by atoms with Gasteiger partial charge in [-0.3, -0.25) is 0 Å². The molecule has 1 saturated heterocycles. The first-order chi connectivity index (χ1) is 7.86. The lowest BCUT2D eigenvalue weighted by Gasteiger charge is -2.21. The van der Waals surface area contributed by atoms with Crippen molar-refractivity contribution in [3.05, 3.63) is 0 Å². The summed E-state index contributed by atoms with van der Waals surface area (Å²) in [5.74, 6) is 0. The minimum atomic E-state index is 0.497. The van der Waals surface area contributed by atoms with Gasteiger partial charge in [0.15, 0.2) is 0 Å². The van der Waals surface area contributed by atoms with Gasteiger partial charge in [0.2, 0.25) is 0 Å². The van der Waals surface area contributed by atoms with Crippen LogP contribution in [0.2, 0.25) is 0 Å². The molecule has 0 bridgehead atoms. The molecule has 1 N–H and O–H groups in total. The van der Waals surface area contributed by atoms with Gasteiger partial charge in [-0.1, -0.05) is 6.92 Å². The van der Waals surface area contributed by atoms with Gasteiger partial charge in [-0.15, -0.1) is 0 Å². The van der Waals surface area contributed by atoms with Crippen molar-refractivity contribution in [1.29, 1.82) is 0 Å². The Labute approximate surface area is 99.9 Å². The normalized spacial score (nSPS) is 22.5. The molecule has 0 aliphatic carbocycles. The molecule has 1 aliphatic rings. The van der Waals surface area contributed by atoms with E-state index in [4.69, 9.17) is 9.47 Å². The van der Waals surface area contributed by atoms with E-state index in [1.54, 1.807) is 7.11 Å². The van der Waals surface area contributed by atoms with Crippen LogP contribution in [0.4, 0.5) is 0 Å². The Morgan fingerprint density at radius 3 is 3.00 bits per heavy atom. The second kappa shape index (κ2) is 8.97. The highest BCUT2D eigenvalue weighted by atomic mass is 16.5. The SMILES string of the molecule is CCCNC(CCCOC)CC1CCCO1. The average molecular weight is 229 g/mol. The molecule has 0 amide bonds. The molecule has 3 heteroatoms. The molecule has 0 aromatic carbocycles. The molecule has 2 atom stereocenters. The number of hydrogen-bond donors (Lipinski definition) is 1. The van der Waals surface area contributed by atoms with Crippen LogP contribution in [-0.4, -0.2) is 39.0 Å². The summed E-state index contributed by atoms with van der Waals surface area (Å²) in [5, 5.41) is 3.62. The van der Waals surface area contributed by atoms with E-state index in [1.807, 2.05) is 0 Å². The first-order valence-corrected chi connectivity index (χ1v) is 6.70. The van der Waals surface area contributed by atoms with Crippen molar-refractivity contribution in [3.8, 4) is 0 Å². The van der Waals surface area contributed by atoms with Gasteiger partial charge in [-0.05, 0) is 45.1 Å². The molecule has 1 fully saturated rings. The molecule has 0 aromatic heterocycles. The highest BCUT2D eigenvalue weighted by Gasteiger charge is 2.20. The zero-order valence-electron chi connectivity index (χ0n) is 10.8. The van der Waals surface area contributed by atoms with Gasteiger partial charge in [0, 0.05) is 26.4 Å². The van der Waals surface area contributed by atoms with Crippen molar-refractivity contribution in [2.24, 2.45) is 0 Å². The molecule has 0 spiro atoms. The quantitative estimate of drug-likeness (QED) is 0.616. The Morgan fingerprint density at radius 1 is 1.50 bits per heavy atom. The van der Waals surface area contributed by atoms with Gasteiger partial charge in [0.1, 0.15) is 0 Å². The third-order valence-electron chi connectivity index (χ3n) is 3.16. The number of methoxy groups -OCH3 is 1. The third-order valence-corrected chi connectivity index (χ3v) is 3.16. The van der Waals surface area contributed by atoms with Gasteiger partial charge in [0.25, 0.3) is 0 Å². The van der Waals surface area contributed by atoms with Crippen LogP contribution in [0.1, 0.15) is 45.4 Å². The molecule has 16 heavy (non-hydrogen) atoms. The molecule has 0 radical (unpaired) electrons. The summed E-state index contributed by atoms with van der Waals surface area (Å²) >= 11 is 0. The fourth-order valence-electron chi connectivity index (χ4n) is 2.27. The number of hydrogen-bond acceptors (Lipinski definition) is 3. The minimum absolute atomic E-state index is 0.497. The van der Waals surface area contributed by atoms with Crippen LogP contribution in [0, 0.1) is 0 Å². The molecule has 1 heterocycles. The highest BCUT2D eigenvalue weighted by Crippen LogP contribution is 2.18. The Kier molecular flexibility index (Phi) is 7.81. The average Bonchev–Trinajstić information content (AvgIpc) is 2.78. The van der Waals surface area contributed by atoms with Crippen molar-refractivity contribution in [2.45, 2.75) is 57.6 Å². The summed E-state index contributed by atoms with van der Waals surface area (Å²) < 4.78 is 10.8. The lowest BCUT2D eigenvalue weighted by atomic mass is 10.0. The van der Waals surface area contributed by atoms with E-state index in [1.165, 1.54) is 32.1 Å². The smallest absolute Gasteiger partial charge is 0.0590 e. The minimum Gasteiger partial charge on any atom is -0.385 e. The zero-order chi connectivity index (χ0) is 11.6. The zero-order valence-corrected chi connectivity index (χ0v) is 10.8. The second-order valence-corrected chi connectivity index (χ2v) is 4.66. The summed E-state index contributed by atoms with van der Waals surface area (Å²) in [5.41, 5.74) is 0. The third kappa shape index (κ3) is 5.83. The van der Waals surface area contributed by atoms with Crippen LogP contribution < -0.4 is 5.32 Å². The Hall–Kier alpha value is -0.120. The largest absolute Gasteiger partial charge is 0.385 e. The van der Waals surface area contributed by atoms with Gasteiger partial charge < -0.3 is 14.8 Å². The Balaban J connectivity index is 2.18. The van der Waals surface area contributed by atoms with Crippen LogP contribution >= 0.6 is 0 Å². The van der Waals surface area contributed by atoms with Crippen molar-refractivity contribution < 1.29 is 9.47 Å².